The van der Waals surface area contributed by atoms with E-state index in [0.717, 1.165) is 45.3 Å². The maximum Gasteiger partial charge on any atom is 0.0707 e. The normalized spacial score (nSPS) is 32.1. The average molecular weight is 270 g/mol. The van der Waals surface area contributed by atoms with Crippen LogP contribution in [-0.4, -0.2) is 63.5 Å². The molecular weight excluding hydrogens is 240 g/mol. The van der Waals surface area contributed by atoms with Crippen LogP contribution >= 0.6 is 0 Å². The Morgan fingerprint density at radius 1 is 1.16 bits per heavy atom. The molecule has 0 spiro atoms. The first-order valence-corrected chi connectivity index (χ1v) is 7.90. The van der Waals surface area contributed by atoms with Gasteiger partial charge < -0.3 is 19.7 Å². The predicted molar refractivity (Wildman–Crippen MR) is 77.5 cm³/mol. The first-order chi connectivity index (χ1) is 9.28. The Hall–Kier alpha value is -0.160. The Morgan fingerprint density at radius 2 is 2.00 bits per heavy atom. The lowest BCUT2D eigenvalue weighted by Gasteiger charge is -2.28. The number of hydrogen-bond acceptors (Lipinski definition) is 4. The molecule has 0 radical (unpaired) electrons. The molecule has 2 aliphatic heterocycles. The first-order valence-electron chi connectivity index (χ1n) is 7.90. The molecule has 2 heterocycles. The Kier molecular flexibility index (Phi) is 6.57. The second-order valence-corrected chi connectivity index (χ2v) is 6.07. The molecule has 0 aliphatic carbocycles. The minimum Gasteiger partial charge on any atom is -0.381 e. The van der Waals surface area contributed by atoms with E-state index >= 15 is 0 Å². The van der Waals surface area contributed by atoms with Crippen molar-refractivity contribution < 1.29 is 9.47 Å². The standard InChI is InChI=1S/C15H30N2O2/c1-3-16-9-14-6-7-15(19-14)11-17(2)10-13-5-4-8-18-12-13/h13-16H,3-12H2,1-2H3. The zero-order chi connectivity index (χ0) is 13.5. The van der Waals surface area contributed by atoms with Crippen molar-refractivity contribution in [2.24, 2.45) is 5.92 Å². The smallest absolute Gasteiger partial charge is 0.0707 e. The van der Waals surface area contributed by atoms with Crippen LogP contribution in [-0.2, 0) is 9.47 Å². The van der Waals surface area contributed by atoms with Crippen molar-refractivity contribution in [3.8, 4) is 0 Å². The monoisotopic (exact) mass is 270 g/mol. The van der Waals surface area contributed by atoms with E-state index in [0.29, 0.717) is 12.2 Å². The Morgan fingerprint density at radius 3 is 2.74 bits per heavy atom. The highest BCUT2D eigenvalue weighted by molar-refractivity contribution is 4.78. The molecule has 0 aromatic heterocycles. The number of ether oxygens (including phenoxy) is 2. The van der Waals surface area contributed by atoms with Crippen LogP contribution in [0.1, 0.15) is 32.6 Å². The van der Waals surface area contributed by atoms with Gasteiger partial charge in [-0.1, -0.05) is 6.92 Å². The van der Waals surface area contributed by atoms with Crippen LogP contribution in [0.3, 0.4) is 0 Å². The van der Waals surface area contributed by atoms with E-state index in [2.05, 4.69) is 24.2 Å². The molecule has 0 bridgehead atoms. The van der Waals surface area contributed by atoms with Crippen LogP contribution < -0.4 is 5.32 Å². The van der Waals surface area contributed by atoms with Gasteiger partial charge in [-0.15, -0.1) is 0 Å². The van der Waals surface area contributed by atoms with Crippen molar-refractivity contribution in [3.63, 3.8) is 0 Å². The fourth-order valence-corrected chi connectivity index (χ4v) is 3.18. The topological polar surface area (TPSA) is 33.7 Å². The Labute approximate surface area is 117 Å². The molecule has 2 aliphatic rings. The van der Waals surface area contributed by atoms with Crippen molar-refractivity contribution in [3.05, 3.63) is 0 Å². The largest absolute Gasteiger partial charge is 0.381 e. The van der Waals surface area contributed by atoms with Gasteiger partial charge in [0, 0.05) is 26.2 Å². The van der Waals surface area contributed by atoms with Crippen molar-refractivity contribution >= 4 is 0 Å². The highest BCUT2D eigenvalue weighted by Gasteiger charge is 2.26. The molecule has 3 atom stereocenters. The second kappa shape index (κ2) is 8.20. The van der Waals surface area contributed by atoms with E-state index in [4.69, 9.17) is 9.47 Å². The summed E-state index contributed by atoms with van der Waals surface area (Å²) in [7, 11) is 2.22. The summed E-state index contributed by atoms with van der Waals surface area (Å²) in [4.78, 5) is 2.43. The molecule has 19 heavy (non-hydrogen) atoms. The molecule has 2 saturated heterocycles. The summed E-state index contributed by atoms with van der Waals surface area (Å²) >= 11 is 0. The zero-order valence-corrected chi connectivity index (χ0v) is 12.6. The quantitative estimate of drug-likeness (QED) is 0.760. The van der Waals surface area contributed by atoms with Crippen LogP contribution in [0.25, 0.3) is 0 Å². The fraction of sp³-hybridized carbons (Fsp3) is 1.00. The average Bonchev–Trinajstić information content (AvgIpc) is 2.85. The van der Waals surface area contributed by atoms with E-state index < -0.39 is 0 Å². The third kappa shape index (κ3) is 5.38. The SMILES string of the molecule is CCNCC1CCC(CN(C)CC2CCCOC2)O1. The van der Waals surface area contributed by atoms with Crippen molar-refractivity contribution in [1.82, 2.24) is 10.2 Å². The molecule has 1 N–H and O–H groups in total. The number of rotatable bonds is 7. The molecule has 2 rings (SSSR count). The summed E-state index contributed by atoms with van der Waals surface area (Å²) in [6, 6.07) is 0. The maximum absolute atomic E-state index is 6.09. The third-order valence-corrected chi connectivity index (χ3v) is 4.16. The highest BCUT2D eigenvalue weighted by Crippen LogP contribution is 2.21. The summed E-state index contributed by atoms with van der Waals surface area (Å²) in [5.41, 5.74) is 0. The predicted octanol–water partition coefficient (Wildman–Crippen LogP) is 1.50. The van der Waals surface area contributed by atoms with Crippen LogP contribution in [0.4, 0.5) is 0 Å². The molecule has 0 saturated carbocycles. The number of nitrogens with one attached hydrogen (secondary N) is 1. The highest BCUT2D eigenvalue weighted by atomic mass is 16.5. The van der Waals surface area contributed by atoms with E-state index in [1.807, 2.05) is 0 Å². The van der Waals surface area contributed by atoms with Gasteiger partial charge in [0.05, 0.1) is 18.8 Å². The molecule has 4 nitrogen and oxygen atoms in total. The molecule has 4 heteroatoms. The minimum atomic E-state index is 0.427. The molecule has 112 valence electrons. The summed E-state index contributed by atoms with van der Waals surface area (Å²) in [6.07, 6.45) is 5.82. The molecule has 0 aromatic carbocycles. The van der Waals surface area contributed by atoms with Crippen LogP contribution in [0.15, 0.2) is 0 Å². The van der Waals surface area contributed by atoms with Gasteiger partial charge in [-0.3, -0.25) is 0 Å². The molecule has 0 amide bonds. The van der Waals surface area contributed by atoms with E-state index in [-0.39, 0.29) is 0 Å². The summed E-state index contributed by atoms with van der Waals surface area (Å²) in [5, 5.41) is 3.37. The Balaban J connectivity index is 1.61. The zero-order valence-electron chi connectivity index (χ0n) is 12.6. The lowest BCUT2D eigenvalue weighted by molar-refractivity contribution is 0.0115. The molecular formula is C15H30N2O2. The number of nitrogens with zero attached hydrogens (tertiary/aromatic N) is 1. The summed E-state index contributed by atoms with van der Waals surface area (Å²) in [5.74, 6) is 0.720. The number of hydrogen-bond donors (Lipinski definition) is 1. The van der Waals surface area contributed by atoms with Gasteiger partial charge in [0.25, 0.3) is 0 Å². The summed E-state index contributed by atoms with van der Waals surface area (Å²) in [6.45, 7) is 8.31. The van der Waals surface area contributed by atoms with Gasteiger partial charge in [-0.2, -0.15) is 0 Å². The molecule has 3 unspecified atom stereocenters. The number of likely N-dealkylation sites (N-methyl/N-ethyl adjacent to an activating group) is 2. The third-order valence-electron chi connectivity index (χ3n) is 4.16. The lowest BCUT2D eigenvalue weighted by Crippen LogP contribution is -2.36. The van der Waals surface area contributed by atoms with Gasteiger partial charge in [-0.05, 0) is 45.2 Å². The van der Waals surface area contributed by atoms with E-state index in [9.17, 15) is 0 Å². The van der Waals surface area contributed by atoms with E-state index in [1.165, 1.54) is 25.7 Å². The van der Waals surface area contributed by atoms with Gasteiger partial charge in [-0.25, -0.2) is 0 Å². The Bertz CT molecular complexity index is 244. The van der Waals surface area contributed by atoms with Crippen molar-refractivity contribution in [2.45, 2.75) is 44.8 Å². The van der Waals surface area contributed by atoms with Gasteiger partial charge in [0.1, 0.15) is 0 Å². The second-order valence-electron chi connectivity index (χ2n) is 6.07. The van der Waals surface area contributed by atoms with E-state index in [1.54, 1.807) is 0 Å². The van der Waals surface area contributed by atoms with Crippen LogP contribution in [0.5, 0.6) is 0 Å². The summed E-state index contributed by atoms with van der Waals surface area (Å²) < 4.78 is 11.6. The first kappa shape index (κ1) is 15.2. The van der Waals surface area contributed by atoms with Gasteiger partial charge in [0.15, 0.2) is 0 Å². The molecule has 0 aromatic rings. The fourth-order valence-electron chi connectivity index (χ4n) is 3.18. The van der Waals surface area contributed by atoms with Gasteiger partial charge in [0.2, 0.25) is 0 Å². The lowest BCUT2D eigenvalue weighted by atomic mass is 10.0. The van der Waals surface area contributed by atoms with Crippen molar-refractivity contribution in [1.29, 1.82) is 0 Å². The minimum absolute atomic E-state index is 0.427. The van der Waals surface area contributed by atoms with Gasteiger partial charge >= 0.3 is 0 Å². The van der Waals surface area contributed by atoms with Crippen LogP contribution in [0.2, 0.25) is 0 Å². The molecule has 2 fully saturated rings. The van der Waals surface area contributed by atoms with Crippen LogP contribution in [0, 0.1) is 5.92 Å². The van der Waals surface area contributed by atoms with Crippen molar-refractivity contribution in [2.75, 3.05) is 46.4 Å². The maximum atomic E-state index is 6.09.